The number of anilines is 3. The molecule has 3 aromatic rings. The first-order valence-corrected chi connectivity index (χ1v) is 7.35. The summed E-state index contributed by atoms with van der Waals surface area (Å²) < 4.78 is 28.2. The molecule has 0 amide bonds. The maximum absolute atomic E-state index is 13.3. The van der Waals surface area contributed by atoms with Crippen LogP contribution in [0.4, 0.5) is 26.2 Å². The SMILES string of the molecule is Cn1cc(Nc2ncc(C=N)c(NCc3cc(F)cc(F)c3)n2)cn1.[HH]. The van der Waals surface area contributed by atoms with E-state index >= 15 is 0 Å². The zero-order valence-corrected chi connectivity index (χ0v) is 13.3. The van der Waals surface area contributed by atoms with E-state index in [1.807, 2.05) is 0 Å². The summed E-state index contributed by atoms with van der Waals surface area (Å²) in [4.78, 5) is 8.43. The summed E-state index contributed by atoms with van der Waals surface area (Å²) in [5.74, 6) is -0.607. The quantitative estimate of drug-likeness (QED) is 0.597. The van der Waals surface area contributed by atoms with E-state index in [2.05, 4.69) is 25.7 Å². The third-order valence-corrected chi connectivity index (χ3v) is 3.32. The van der Waals surface area contributed by atoms with Gasteiger partial charge in [-0.05, 0) is 17.7 Å². The second-order valence-electron chi connectivity index (χ2n) is 5.30. The van der Waals surface area contributed by atoms with Crippen LogP contribution in [-0.4, -0.2) is 26.0 Å². The van der Waals surface area contributed by atoms with Gasteiger partial charge in [-0.25, -0.2) is 13.8 Å². The van der Waals surface area contributed by atoms with Gasteiger partial charge in [0.25, 0.3) is 0 Å². The standard InChI is InChI=1S/C16H15F2N7.H2/c1-25-9-14(8-22-25)23-16-21-7-11(5-19)15(24-16)20-6-10-2-12(17)4-13(18)3-10;/h2-5,7-9,19H,6H2,1H3,(H2,20,21,23,24);1H. The van der Waals surface area contributed by atoms with Crippen LogP contribution < -0.4 is 10.6 Å². The van der Waals surface area contributed by atoms with Crippen LogP contribution in [-0.2, 0) is 13.6 Å². The predicted molar refractivity (Wildman–Crippen MR) is 92.2 cm³/mol. The Morgan fingerprint density at radius 1 is 1.24 bits per heavy atom. The molecule has 0 unspecified atom stereocenters. The van der Waals surface area contributed by atoms with Crippen molar-refractivity contribution < 1.29 is 10.2 Å². The fourth-order valence-electron chi connectivity index (χ4n) is 2.21. The molecule has 0 saturated heterocycles. The lowest BCUT2D eigenvalue weighted by molar-refractivity contribution is 0.580. The Morgan fingerprint density at radius 2 is 2.00 bits per heavy atom. The molecule has 7 nitrogen and oxygen atoms in total. The Balaban J connectivity index is 0.00000243. The molecule has 1 aromatic carbocycles. The molecule has 3 N–H and O–H groups in total. The molecule has 25 heavy (non-hydrogen) atoms. The fraction of sp³-hybridized carbons (Fsp3) is 0.125. The molecule has 0 radical (unpaired) electrons. The highest BCUT2D eigenvalue weighted by atomic mass is 19.1. The molecule has 9 heteroatoms. The first-order chi connectivity index (χ1) is 12.0. The average molecular weight is 345 g/mol. The van der Waals surface area contributed by atoms with E-state index in [9.17, 15) is 8.78 Å². The molecular weight excluding hydrogens is 328 g/mol. The second kappa shape index (κ2) is 7.04. The van der Waals surface area contributed by atoms with Crippen LogP contribution >= 0.6 is 0 Å². The molecule has 0 fully saturated rings. The normalized spacial score (nSPS) is 10.5. The Kier molecular flexibility index (Phi) is 4.64. The largest absolute Gasteiger partial charge is 0.365 e. The van der Waals surface area contributed by atoms with Gasteiger partial charge in [0.1, 0.15) is 17.5 Å². The molecule has 130 valence electrons. The van der Waals surface area contributed by atoms with Gasteiger partial charge in [0.15, 0.2) is 0 Å². The summed E-state index contributed by atoms with van der Waals surface area (Å²) >= 11 is 0. The van der Waals surface area contributed by atoms with Crippen LogP contribution in [0.25, 0.3) is 0 Å². The lowest BCUT2D eigenvalue weighted by Crippen LogP contribution is -2.08. The van der Waals surface area contributed by atoms with E-state index in [-0.39, 0.29) is 7.97 Å². The minimum atomic E-state index is -0.648. The Hall–Kier alpha value is -3.36. The predicted octanol–water partition coefficient (Wildman–Crippen LogP) is 3.09. The van der Waals surface area contributed by atoms with Gasteiger partial charge in [-0.1, -0.05) is 0 Å². The van der Waals surface area contributed by atoms with Gasteiger partial charge in [-0.2, -0.15) is 10.1 Å². The van der Waals surface area contributed by atoms with Crippen molar-refractivity contribution in [2.24, 2.45) is 7.05 Å². The van der Waals surface area contributed by atoms with Crippen molar-refractivity contribution in [2.75, 3.05) is 10.6 Å². The van der Waals surface area contributed by atoms with E-state index in [4.69, 9.17) is 5.41 Å². The zero-order valence-electron chi connectivity index (χ0n) is 13.3. The fourth-order valence-corrected chi connectivity index (χ4v) is 2.21. The van der Waals surface area contributed by atoms with Gasteiger partial charge in [-0.15, -0.1) is 0 Å². The number of nitrogens with zero attached hydrogens (tertiary/aromatic N) is 4. The number of halogens is 2. The second-order valence-corrected chi connectivity index (χ2v) is 5.30. The minimum absolute atomic E-state index is 0. The number of aromatic nitrogens is 4. The van der Waals surface area contributed by atoms with Gasteiger partial charge in [0.05, 0.1) is 17.4 Å². The van der Waals surface area contributed by atoms with E-state index in [0.29, 0.717) is 28.6 Å². The Morgan fingerprint density at radius 3 is 2.64 bits per heavy atom. The molecule has 0 atom stereocenters. The van der Waals surface area contributed by atoms with Crippen molar-refractivity contribution in [1.29, 1.82) is 5.41 Å². The van der Waals surface area contributed by atoms with Crippen molar-refractivity contribution >= 4 is 23.7 Å². The van der Waals surface area contributed by atoms with E-state index in [1.54, 1.807) is 24.1 Å². The maximum Gasteiger partial charge on any atom is 0.229 e. The third kappa shape index (κ3) is 4.14. The third-order valence-electron chi connectivity index (χ3n) is 3.32. The van der Waals surface area contributed by atoms with Crippen molar-refractivity contribution in [2.45, 2.75) is 6.54 Å². The van der Waals surface area contributed by atoms with Crippen LogP contribution in [0.5, 0.6) is 0 Å². The highest BCUT2D eigenvalue weighted by molar-refractivity contribution is 5.84. The van der Waals surface area contributed by atoms with Crippen LogP contribution in [0, 0.1) is 17.0 Å². The summed E-state index contributed by atoms with van der Waals surface area (Å²) in [6.07, 6.45) is 5.96. The molecule has 0 aliphatic heterocycles. The van der Waals surface area contributed by atoms with Crippen LogP contribution in [0.2, 0.25) is 0 Å². The van der Waals surface area contributed by atoms with Crippen molar-refractivity contribution in [3.8, 4) is 0 Å². The molecule has 0 saturated carbocycles. The minimum Gasteiger partial charge on any atom is -0.365 e. The lowest BCUT2D eigenvalue weighted by atomic mass is 10.2. The maximum atomic E-state index is 13.3. The summed E-state index contributed by atoms with van der Waals surface area (Å²) in [6, 6.07) is 3.28. The number of hydrogen-bond donors (Lipinski definition) is 3. The van der Waals surface area contributed by atoms with Crippen LogP contribution in [0.15, 0.2) is 36.8 Å². The molecule has 2 aromatic heterocycles. The van der Waals surface area contributed by atoms with Crippen molar-refractivity contribution in [3.63, 3.8) is 0 Å². The number of hydrogen-bond acceptors (Lipinski definition) is 6. The lowest BCUT2D eigenvalue weighted by Gasteiger charge is -2.10. The topological polar surface area (TPSA) is 91.5 Å². The van der Waals surface area contributed by atoms with Gasteiger partial charge >= 0.3 is 0 Å². The average Bonchev–Trinajstić information content (AvgIpc) is 2.97. The first-order valence-electron chi connectivity index (χ1n) is 7.35. The number of benzene rings is 1. The smallest absolute Gasteiger partial charge is 0.229 e. The molecule has 3 rings (SSSR count). The first kappa shape index (κ1) is 16.5. The van der Waals surface area contributed by atoms with Gasteiger partial charge in [-0.3, -0.25) is 4.68 Å². The highest BCUT2D eigenvalue weighted by Gasteiger charge is 2.08. The molecule has 0 aliphatic carbocycles. The van der Waals surface area contributed by atoms with Crippen LogP contribution in [0.3, 0.4) is 0 Å². The Bertz CT molecular complexity index is 893. The molecule has 2 heterocycles. The highest BCUT2D eigenvalue weighted by Crippen LogP contribution is 2.17. The van der Waals surface area contributed by atoms with E-state index < -0.39 is 11.6 Å². The monoisotopic (exact) mass is 345 g/mol. The molecule has 0 spiro atoms. The molecule has 0 aliphatic rings. The zero-order chi connectivity index (χ0) is 17.8. The van der Waals surface area contributed by atoms with Crippen molar-refractivity contribution in [3.05, 3.63) is 59.6 Å². The van der Waals surface area contributed by atoms with Gasteiger partial charge < -0.3 is 16.0 Å². The summed E-state index contributed by atoms with van der Waals surface area (Å²) in [6.45, 7) is 0.152. The molecular formula is C16H17F2N7. The number of nitrogens with one attached hydrogen (secondary N) is 3. The van der Waals surface area contributed by atoms with Gasteiger partial charge in [0.2, 0.25) is 5.95 Å². The summed E-state index contributed by atoms with van der Waals surface area (Å²) in [5, 5.41) is 17.4. The Labute approximate surface area is 143 Å². The van der Waals surface area contributed by atoms with Gasteiger partial charge in [0, 0.05) is 39.7 Å². The van der Waals surface area contributed by atoms with E-state index in [1.165, 1.54) is 18.3 Å². The van der Waals surface area contributed by atoms with E-state index in [0.717, 1.165) is 12.3 Å². The summed E-state index contributed by atoms with van der Waals surface area (Å²) in [7, 11) is 1.79. The summed E-state index contributed by atoms with van der Waals surface area (Å²) in [5.41, 5.74) is 1.59. The number of rotatable bonds is 6. The number of aryl methyl sites for hydroxylation is 1. The molecule has 0 bridgehead atoms. The van der Waals surface area contributed by atoms with Crippen LogP contribution in [0.1, 0.15) is 12.6 Å². The van der Waals surface area contributed by atoms with Crippen molar-refractivity contribution in [1.82, 2.24) is 19.7 Å².